The quantitative estimate of drug-likeness (QED) is 0.888. The number of aryl methyl sites for hydroxylation is 1. The van der Waals surface area contributed by atoms with E-state index in [4.69, 9.17) is 0 Å². The first-order valence-corrected chi connectivity index (χ1v) is 5.84. The Hall–Kier alpha value is -2.17. The summed E-state index contributed by atoms with van der Waals surface area (Å²) in [6.45, 7) is 1.95. The first-order chi connectivity index (χ1) is 8.60. The van der Waals surface area contributed by atoms with Gasteiger partial charge in [0.2, 0.25) is 0 Å². The summed E-state index contributed by atoms with van der Waals surface area (Å²) in [5.41, 5.74) is 1.38. The van der Waals surface area contributed by atoms with Crippen LogP contribution in [0.1, 0.15) is 12.7 Å². The van der Waals surface area contributed by atoms with Crippen molar-refractivity contribution in [2.45, 2.75) is 13.3 Å². The highest BCUT2D eigenvalue weighted by atomic mass is 16.1. The van der Waals surface area contributed by atoms with Gasteiger partial charge in [0.25, 0.3) is 5.56 Å². The maximum atomic E-state index is 11.5. The smallest absolute Gasteiger partial charge is 0.251 e. The monoisotopic (exact) mass is 244 g/mol. The van der Waals surface area contributed by atoms with Crippen LogP contribution in [0.4, 0.5) is 5.82 Å². The van der Waals surface area contributed by atoms with E-state index in [9.17, 15) is 4.79 Å². The van der Waals surface area contributed by atoms with Crippen molar-refractivity contribution < 1.29 is 0 Å². The Bertz CT molecular complexity index is 587. The van der Waals surface area contributed by atoms with Gasteiger partial charge in [-0.3, -0.25) is 4.79 Å². The predicted octanol–water partition coefficient (Wildman–Crippen LogP) is 1.46. The molecule has 0 aliphatic carbocycles. The van der Waals surface area contributed by atoms with Gasteiger partial charge in [-0.1, -0.05) is 6.92 Å². The van der Waals surface area contributed by atoms with Crippen LogP contribution in [-0.2, 0) is 6.42 Å². The Morgan fingerprint density at radius 2 is 2.11 bits per heavy atom. The molecule has 2 rings (SSSR count). The topological polar surface area (TPSA) is 61.9 Å². The average Bonchev–Trinajstić information content (AvgIpc) is 2.38. The van der Waals surface area contributed by atoms with Crippen LogP contribution in [0.5, 0.6) is 0 Å². The molecule has 0 aliphatic heterocycles. The van der Waals surface area contributed by atoms with E-state index in [0.29, 0.717) is 17.9 Å². The first-order valence-electron chi connectivity index (χ1n) is 5.84. The molecule has 0 aliphatic rings. The summed E-state index contributed by atoms with van der Waals surface area (Å²) in [7, 11) is 3.87. The van der Waals surface area contributed by atoms with Gasteiger partial charge in [-0.15, -0.1) is 0 Å². The number of nitrogens with zero attached hydrogens (tertiary/aromatic N) is 3. The summed E-state index contributed by atoms with van der Waals surface area (Å²) in [6, 6.07) is 5.32. The number of H-pyrrole nitrogens is 1. The molecule has 0 saturated carbocycles. The molecule has 1 N–H and O–H groups in total. The molecule has 94 valence electrons. The van der Waals surface area contributed by atoms with Crippen LogP contribution in [0.2, 0.25) is 0 Å². The lowest BCUT2D eigenvalue weighted by molar-refractivity contribution is 0.923. The maximum Gasteiger partial charge on any atom is 0.251 e. The molecule has 0 bridgehead atoms. The molecule has 0 amide bonds. The van der Waals surface area contributed by atoms with Crippen LogP contribution >= 0.6 is 0 Å². The molecule has 2 aromatic rings. The molecular weight excluding hydrogens is 228 g/mol. The Labute approximate surface area is 106 Å². The lowest BCUT2D eigenvalue weighted by Gasteiger charge is -2.11. The molecule has 0 atom stereocenters. The second-order valence-corrected chi connectivity index (χ2v) is 4.23. The van der Waals surface area contributed by atoms with Crippen molar-refractivity contribution in [1.82, 2.24) is 15.0 Å². The van der Waals surface area contributed by atoms with Crippen LogP contribution in [0.15, 0.2) is 29.2 Å². The van der Waals surface area contributed by atoms with E-state index in [1.165, 1.54) is 6.07 Å². The van der Waals surface area contributed by atoms with E-state index in [-0.39, 0.29) is 5.56 Å². The molecule has 0 aromatic carbocycles. The third-order valence-corrected chi connectivity index (χ3v) is 2.63. The standard InChI is InChI=1S/C13H16N4O/c1-4-11-15-10(7-13(18)16-11)9-5-6-12(14-8-9)17(2)3/h5-8H,4H2,1-3H3,(H,15,16,18). The third kappa shape index (κ3) is 2.56. The van der Waals surface area contributed by atoms with Gasteiger partial charge >= 0.3 is 0 Å². The van der Waals surface area contributed by atoms with Gasteiger partial charge in [-0.05, 0) is 12.1 Å². The predicted molar refractivity (Wildman–Crippen MR) is 71.8 cm³/mol. The normalized spacial score (nSPS) is 10.4. The fourth-order valence-corrected chi connectivity index (χ4v) is 1.63. The average molecular weight is 244 g/mol. The minimum Gasteiger partial charge on any atom is -0.363 e. The number of anilines is 1. The minimum absolute atomic E-state index is 0.131. The number of aromatic amines is 1. The Morgan fingerprint density at radius 1 is 1.33 bits per heavy atom. The minimum atomic E-state index is -0.131. The zero-order valence-electron chi connectivity index (χ0n) is 10.8. The molecule has 18 heavy (non-hydrogen) atoms. The molecule has 0 spiro atoms. The lowest BCUT2D eigenvalue weighted by atomic mass is 10.2. The van der Waals surface area contributed by atoms with Gasteiger partial charge in [0.05, 0.1) is 5.69 Å². The third-order valence-electron chi connectivity index (χ3n) is 2.63. The zero-order valence-corrected chi connectivity index (χ0v) is 10.8. The van der Waals surface area contributed by atoms with Crippen molar-refractivity contribution in [3.8, 4) is 11.3 Å². The molecule has 5 nitrogen and oxygen atoms in total. The Balaban J connectivity index is 2.42. The van der Waals surface area contributed by atoms with Crippen molar-refractivity contribution in [3.05, 3.63) is 40.6 Å². The Kier molecular flexibility index (Phi) is 3.41. The van der Waals surface area contributed by atoms with Gasteiger partial charge in [-0.2, -0.15) is 0 Å². The van der Waals surface area contributed by atoms with Gasteiger partial charge in [-0.25, -0.2) is 9.97 Å². The lowest BCUT2D eigenvalue weighted by Crippen LogP contribution is -2.11. The maximum absolute atomic E-state index is 11.5. The van der Waals surface area contributed by atoms with E-state index < -0.39 is 0 Å². The van der Waals surface area contributed by atoms with E-state index in [1.807, 2.05) is 38.1 Å². The van der Waals surface area contributed by atoms with Crippen molar-refractivity contribution in [2.24, 2.45) is 0 Å². The van der Waals surface area contributed by atoms with Crippen LogP contribution in [0.25, 0.3) is 11.3 Å². The fourth-order valence-electron chi connectivity index (χ4n) is 1.63. The Morgan fingerprint density at radius 3 is 2.67 bits per heavy atom. The van der Waals surface area contributed by atoms with E-state index >= 15 is 0 Å². The number of nitrogens with one attached hydrogen (secondary N) is 1. The second-order valence-electron chi connectivity index (χ2n) is 4.23. The van der Waals surface area contributed by atoms with Gasteiger partial charge in [0.1, 0.15) is 11.6 Å². The number of aromatic nitrogens is 3. The van der Waals surface area contributed by atoms with Crippen LogP contribution in [0, 0.1) is 0 Å². The van der Waals surface area contributed by atoms with Crippen LogP contribution in [-0.4, -0.2) is 29.0 Å². The zero-order chi connectivity index (χ0) is 13.1. The largest absolute Gasteiger partial charge is 0.363 e. The van der Waals surface area contributed by atoms with Crippen molar-refractivity contribution >= 4 is 5.82 Å². The van der Waals surface area contributed by atoms with Crippen molar-refractivity contribution in [2.75, 3.05) is 19.0 Å². The fraction of sp³-hybridized carbons (Fsp3) is 0.308. The number of pyridine rings is 1. The molecule has 0 radical (unpaired) electrons. The molecule has 2 aromatic heterocycles. The molecular formula is C13H16N4O. The van der Waals surface area contributed by atoms with Crippen molar-refractivity contribution in [3.63, 3.8) is 0 Å². The summed E-state index contributed by atoms with van der Waals surface area (Å²) in [6.07, 6.45) is 2.43. The number of hydrogen-bond acceptors (Lipinski definition) is 4. The molecule has 2 heterocycles. The molecule has 5 heteroatoms. The highest BCUT2D eigenvalue weighted by Gasteiger charge is 2.04. The highest BCUT2D eigenvalue weighted by molar-refractivity contribution is 5.59. The number of rotatable bonds is 3. The van der Waals surface area contributed by atoms with Crippen LogP contribution in [0.3, 0.4) is 0 Å². The summed E-state index contributed by atoms with van der Waals surface area (Å²) in [5, 5.41) is 0. The highest BCUT2D eigenvalue weighted by Crippen LogP contribution is 2.17. The summed E-state index contributed by atoms with van der Waals surface area (Å²) in [4.78, 5) is 24.8. The SMILES string of the molecule is CCc1nc(-c2ccc(N(C)C)nc2)cc(=O)[nH]1. The second kappa shape index (κ2) is 5.00. The molecule has 0 fully saturated rings. The summed E-state index contributed by atoms with van der Waals surface area (Å²) >= 11 is 0. The van der Waals surface area contributed by atoms with E-state index in [1.54, 1.807) is 6.20 Å². The van der Waals surface area contributed by atoms with Gasteiger partial charge in [0.15, 0.2) is 0 Å². The van der Waals surface area contributed by atoms with E-state index in [2.05, 4.69) is 15.0 Å². The first kappa shape index (κ1) is 12.3. The molecule has 0 unspecified atom stereocenters. The summed E-state index contributed by atoms with van der Waals surface area (Å²) < 4.78 is 0. The molecule has 0 saturated heterocycles. The number of hydrogen-bond donors (Lipinski definition) is 1. The van der Waals surface area contributed by atoms with Crippen molar-refractivity contribution in [1.29, 1.82) is 0 Å². The van der Waals surface area contributed by atoms with Gasteiger partial charge < -0.3 is 9.88 Å². The summed E-state index contributed by atoms with van der Waals surface area (Å²) in [5.74, 6) is 1.56. The van der Waals surface area contributed by atoms with Crippen LogP contribution < -0.4 is 10.5 Å². The van der Waals surface area contributed by atoms with E-state index in [0.717, 1.165) is 11.4 Å². The van der Waals surface area contributed by atoms with Gasteiger partial charge in [0, 0.05) is 38.3 Å².